The van der Waals surface area contributed by atoms with Crippen LogP contribution in [0.4, 0.5) is 0 Å². The molecule has 15 heavy (non-hydrogen) atoms. The minimum atomic E-state index is -0.281. The first-order chi connectivity index (χ1) is 7.24. The van der Waals surface area contributed by atoms with Crippen LogP contribution in [0.25, 0.3) is 0 Å². The predicted octanol–water partition coefficient (Wildman–Crippen LogP) is 1.52. The molecule has 1 amide bonds. The monoisotopic (exact) mass is 209 g/mol. The Balaban J connectivity index is 1.88. The summed E-state index contributed by atoms with van der Waals surface area (Å²) in [4.78, 5) is 22.5. The van der Waals surface area contributed by atoms with Gasteiger partial charge in [0, 0.05) is 5.92 Å². The third-order valence-electron chi connectivity index (χ3n) is 4.01. The molecule has 3 heteroatoms. The highest BCUT2D eigenvalue weighted by molar-refractivity contribution is 5.82. The summed E-state index contributed by atoms with van der Waals surface area (Å²) in [5.41, 5.74) is 0. The van der Waals surface area contributed by atoms with Crippen LogP contribution in [0.1, 0.15) is 39.0 Å². The number of amides is 1. The largest absolute Gasteiger partial charge is 0.346 e. The molecule has 0 radical (unpaired) electrons. The first-order valence-electron chi connectivity index (χ1n) is 6.00. The fraction of sp³-hybridized carbons (Fsp3) is 0.833. The van der Waals surface area contributed by atoms with E-state index in [1.165, 1.54) is 19.3 Å². The van der Waals surface area contributed by atoms with Crippen molar-refractivity contribution in [3.63, 3.8) is 0 Å². The molecule has 2 fully saturated rings. The molecule has 0 spiro atoms. The summed E-state index contributed by atoms with van der Waals surface area (Å²) in [6.45, 7) is 1.92. The highest BCUT2D eigenvalue weighted by Crippen LogP contribution is 2.48. The lowest BCUT2D eigenvalue weighted by Crippen LogP contribution is -2.41. The highest BCUT2D eigenvalue weighted by atomic mass is 16.2. The molecular formula is C12H19NO2. The Labute approximate surface area is 90.6 Å². The molecule has 0 heterocycles. The standard InChI is InChI=1S/C12H19NO2/c1-2-10(7-14)13-12(15)11-6-8-3-4-9(11)5-8/h7-11H,2-6H2,1H3,(H,13,15)/t8-,9+,10-,11-/m0/s1. The fourth-order valence-electron chi connectivity index (χ4n) is 3.09. The van der Waals surface area contributed by atoms with E-state index in [0.717, 1.165) is 18.6 Å². The van der Waals surface area contributed by atoms with Gasteiger partial charge in [-0.15, -0.1) is 0 Å². The minimum Gasteiger partial charge on any atom is -0.346 e. The normalized spacial score (nSPS) is 35.1. The molecule has 0 aromatic heterocycles. The third kappa shape index (κ3) is 2.06. The van der Waals surface area contributed by atoms with Gasteiger partial charge in [-0.2, -0.15) is 0 Å². The summed E-state index contributed by atoms with van der Waals surface area (Å²) in [7, 11) is 0. The van der Waals surface area contributed by atoms with Gasteiger partial charge >= 0.3 is 0 Å². The van der Waals surface area contributed by atoms with Gasteiger partial charge in [0.15, 0.2) is 0 Å². The average Bonchev–Trinajstić information content (AvgIpc) is 2.87. The van der Waals surface area contributed by atoms with Gasteiger partial charge in [-0.25, -0.2) is 0 Å². The first kappa shape index (κ1) is 10.7. The van der Waals surface area contributed by atoms with Gasteiger partial charge in [-0.3, -0.25) is 4.79 Å². The van der Waals surface area contributed by atoms with E-state index in [0.29, 0.717) is 12.3 Å². The molecule has 2 bridgehead atoms. The Morgan fingerprint density at radius 2 is 2.27 bits per heavy atom. The highest BCUT2D eigenvalue weighted by Gasteiger charge is 2.43. The predicted molar refractivity (Wildman–Crippen MR) is 57.2 cm³/mol. The minimum absolute atomic E-state index is 0.112. The molecule has 3 nitrogen and oxygen atoms in total. The van der Waals surface area contributed by atoms with E-state index >= 15 is 0 Å². The van der Waals surface area contributed by atoms with Gasteiger partial charge in [0.05, 0.1) is 6.04 Å². The van der Waals surface area contributed by atoms with Crippen LogP contribution in [0.15, 0.2) is 0 Å². The zero-order valence-electron chi connectivity index (χ0n) is 9.24. The SMILES string of the molecule is CC[C@@H](C=O)NC(=O)[C@H]1C[C@H]2CC[C@@H]1C2. The molecule has 84 valence electrons. The van der Waals surface area contributed by atoms with Gasteiger partial charge < -0.3 is 10.1 Å². The summed E-state index contributed by atoms with van der Waals surface area (Å²) in [5.74, 6) is 1.68. The molecule has 0 aliphatic heterocycles. The lowest BCUT2D eigenvalue weighted by Gasteiger charge is -2.22. The molecule has 1 N–H and O–H groups in total. The van der Waals surface area contributed by atoms with Crippen LogP contribution in [0.2, 0.25) is 0 Å². The molecule has 2 aliphatic rings. The van der Waals surface area contributed by atoms with Crippen LogP contribution in [0.5, 0.6) is 0 Å². The van der Waals surface area contributed by atoms with Gasteiger partial charge in [0.2, 0.25) is 5.91 Å². The van der Waals surface area contributed by atoms with Crippen LogP contribution in [-0.2, 0) is 9.59 Å². The van der Waals surface area contributed by atoms with Crippen molar-refractivity contribution in [3.05, 3.63) is 0 Å². The summed E-state index contributed by atoms with van der Waals surface area (Å²) < 4.78 is 0. The molecule has 2 aliphatic carbocycles. The molecule has 2 rings (SSSR count). The Bertz CT molecular complexity index is 264. The molecule has 0 aromatic carbocycles. The summed E-state index contributed by atoms with van der Waals surface area (Å²) in [6, 6.07) is -0.281. The lowest BCUT2D eigenvalue weighted by molar-refractivity contribution is -0.128. The molecule has 0 unspecified atom stereocenters. The van der Waals surface area contributed by atoms with Gasteiger partial charge in [0.25, 0.3) is 0 Å². The maximum atomic E-state index is 11.9. The molecule has 2 saturated carbocycles. The van der Waals surface area contributed by atoms with Gasteiger partial charge in [-0.05, 0) is 37.5 Å². The van der Waals surface area contributed by atoms with Gasteiger partial charge in [0.1, 0.15) is 6.29 Å². The van der Waals surface area contributed by atoms with Crippen molar-refractivity contribution in [2.24, 2.45) is 17.8 Å². The van der Waals surface area contributed by atoms with Crippen molar-refractivity contribution in [1.82, 2.24) is 5.32 Å². The van der Waals surface area contributed by atoms with Crippen molar-refractivity contribution in [3.8, 4) is 0 Å². The molecular weight excluding hydrogens is 190 g/mol. The number of carbonyl (C=O) groups is 2. The topological polar surface area (TPSA) is 46.2 Å². The van der Waals surface area contributed by atoms with E-state index in [9.17, 15) is 9.59 Å². The maximum Gasteiger partial charge on any atom is 0.223 e. The Hall–Kier alpha value is -0.860. The van der Waals surface area contributed by atoms with Crippen molar-refractivity contribution in [2.45, 2.75) is 45.1 Å². The van der Waals surface area contributed by atoms with Crippen LogP contribution in [0, 0.1) is 17.8 Å². The second-order valence-corrected chi connectivity index (χ2v) is 4.94. The number of fused-ring (bicyclic) bond motifs is 2. The van der Waals surface area contributed by atoms with E-state index < -0.39 is 0 Å². The van der Waals surface area contributed by atoms with Crippen molar-refractivity contribution >= 4 is 12.2 Å². The third-order valence-corrected chi connectivity index (χ3v) is 4.01. The van der Waals surface area contributed by atoms with E-state index in [4.69, 9.17) is 0 Å². The molecule has 0 aromatic rings. The number of aldehydes is 1. The number of nitrogens with one attached hydrogen (secondary N) is 1. The van der Waals surface area contributed by atoms with E-state index in [1.54, 1.807) is 0 Å². The molecule has 0 saturated heterocycles. The van der Waals surface area contributed by atoms with Crippen molar-refractivity contribution in [1.29, 1.82) is 0 Å². The zero-order chi connectivity index (χ0) is 10.8. The van der Waals surface area contributed by atoms with Crippen LogP contribution < -0.4 is 5.32 Å². The van der Waals surface area contributed by atoms with Gasteiger partial charge in [-0.1, -0.05) is 13.3 Å². The second kappa shape index (κ2) is 4.33. The quantitative estimate of drug-likeness (QED) is 0.713. The lowest BCUT2D eigenvalue weighted by atomic mass is 9.88. The van der Waals surface area contributed by atoms with Crippen LogP contribution in [-0.4, -0.2) is 18.2 Å². The number of hydrogen-bond donors (Lipinski definition) is 1. The van der Waals surface area contributed by atoms with E-state index in [2.05, 4.69) is 5.32 Å². The second-order valence-electron chi connectivity index (χ2n) is 4.94. The zero-order valence-corrected chi connectivity index (χ0v) is 9.24. The Kier molecular flexibility index (Phi) is 3.08. The van der Waals surface area contributed by atoms with E-state index in [-0.39, 0.29) is 17.9 Å². The number of rotatable bonds is 4. The van der Waals surface area contributed by atoms with Crippen molar-refractivity contribution in [2.75, 3.05) is 0 Å². The van der Waals surface area contributed by atoms with E-state index in [1.807, 2.05) is 6.92 Å². The Morgan fingerprint density at radius 3 is 2.73 bits per heavy atom. The molecule has 4 atom stereocenters. The Morgan fingerprint density at radius 1 is 1.47 bits per heavy atom. The first-order valence-corrected chi connectivity index (χ1v) is 6.00. The van der Waals surface area contributed by atoms with Crippen LogP contribution >= 0.6 is 0 Å². The summed E-state index contributed by atoms with van der Waals surface area (Å²) in [5, 5.41) is 2.84. The average molecular weight is 209 g/mol. The smallest absolute Gasteiger partial charge is 0.223 e. The summed E-state index contributed by atoms with van der Waals surface area (Å²) >= 11 is 0. The maximum absolute atomic E-state index is 11.9. The number of hydrogen-bond acceptors (Lipinski definition) is 2. The van der Waals surface area contributed by atoms with Crippen LogP contribution in [0.3, 0.4) is 0 Å². The number of carbonyl (C=O) groups excluding carboxylic acids is 2. The fourth-order valence-corrected chi connectivity index (χ4v) is 3.09. The summed E-state index contributed by atoms with van der Waals surface area (Å²) in [6.07, 6.45) is 6.32. The van der Waals surface area contributed by atoms with Crippen molar-refractivity contribution < 1.29 is 9.59 Å².